The molecule has 0 aliphatic carbocycles. The lowest BCUT2D eigenvalue weighted by molar-refractivity contribution is -0.191. The lowest BCUT2D eigenvalue weighted by Gasteiger charge is -2.23. The van der Waals surface area contributed by atoms with Crippen LogP contribution in [-0.2, 0) is 29.5 Å². The van der Waals surface area contributed by atoms with Crippen LogP contribution in [0.5, 0.6) is 0 Å². The summed E-state index contributed by atoms with van der Waals surface area (Å²) in [7, 11) is -3.53. The van der Waals surface area contributed by atoms with Crippen molar-refractivity contribution in [3.8, 4) is 0 Å². The Balaban J connectivity index is 0.000000982. The summed E-state index contributed by atoms with van der Waals surface area (Å²) < 4.78 is 26.3. The van der Waals surface area contributed by atoms with Crippen LogP contribution in [0, 0.1) is 6.92 Å². The predicted octanol–water partition coefficient (Wildman–Crippen LogP) is 0.595. The van der Waals surface area contributed by atoms with Crippen LogP contribution < -0.4 is 0 Å². The van der Waals surface area contributed by atoms with Crippen LogP contribution in [0.2, 0.25) is 0 Å². The van der Waals surface area contributed by atoms with Crippen molar-refractivity contribution in [2.24, 2.45) is 0 Å². The van der Waals surface area contributed by atoms with Crippen molar-refractivity contribution in [3.05, 3.63) is 35.4 Å². The molecule has 0 aromatic heterocycles. The maximum Gasteiger partial charge on any atom is 0.373 e. The van der Waals surface area contributed by atoms with E-state index in [2.05, 4.69) is 4.18 Å². The van der Waals surface area contributed by atoms with Gasteiger partial charge in [-0.05, 0) is 19.4 Å². The average molecular weight is 288 g/mol. The zero-order chi connectivity index (χ0) is 15.1. The fraction of sp³-hybridized carbons (Fsp3) is 0.417. The fourth-order valence-corrected chi connectivity index (χ4v) is 1.66. The standard InChI is InChI=1S/C11H16O4S.CO2/c1-9-4-6-10(7-5-9)11(2,12)8-15-16(3,13)14;2-1-3/h4-7,12H,8H2,1-3H3;/t11-;/m1./s1. The Labute approximate surface area is 112 Å². The first-order chi connectivity index (χ1) is 8.62. The van der Waals surface area contributed by atoms with Gasteiger partial charge >= 0.3 is 6.15 Å². The van der Waals surface area contributed by atoms with E-state index < -0.39 is 15.7 Å². The third-order valence-electron chi connectivity index (χ3n) is 2.23. The van der Waals surface area contributed by atoms with Crippen LogP contribution in [0.1, 0.15) is 18.1 Å². The van der Waals surface area contributed by atoms with Crippen LogP contribution in [0.3, 0.4) is 0 Å². The highest BCUT2D eigenvalue weighted by Gasteiger charge is 2.25. The molecule has 106 valence electrons. The summed E-state index contributed by atoms with van der Waals surface area (Å²) in [5, 5.41) is 10.1. The first kappa shape index (κ1) is 17.5. The quantitative estimate of drug-likeness (QED) is 0.814. The van der Waals surface area contributed by atoms with Gasteiger partial charge in [0.05, 0.1) is 12.9 Å². The van der Waals surface area contributed by atoms with E-state index in [1.807, 2.05) is 19.1 Å². The summed E-state index contributed by atoms with van der Waals surface area (Å²) in [4.78, 5) is 16.2. The van der Waals surface area contributed by atoms with Gasteiger partial charge in [-0.1, -0.05) is 29.8 Å². The largest absolute Gasteiger partial charge is 0.383 e. The fourth-order valence-electron chi connectivity index (χ4n) is 1.22. The molecule has 0 amide bonds. The van der Waals surface area contributed by atoms with Crippen molar-refractivity contribution in [1.82, 2.24) is 0 Å². The number of rotatable bonds is 4. The minimum atomic E-state index is -3.53. The molecule has 1 aromatic carbocycles. The first-order valence-electron chi connectivity index (χ1n) is 5.25. The van der Waals surface area contributed by atoms with Crippen LogP contribution in [-0.4, -0.2) is 32.5 Å². The number of benzene rings is 1. The van der Waals surface area contributed by atoms with E-state index >= 15 is 0 Å². The van der Waals surface area contributed by atoms with Gasteiger partial charge in [-0.15, -0.1) is 0 Å². The Hall–Kier alpha value is -1.53. The van der Waals surface area contributed by atoms with E-state index in [1.54, 1.807) is 12.1 Å². The van der Waals surface area contributed by atoms with Gasteiger partial charge in [0.15, 0.2) is 0 Å². The van der Waals surface area contributed by atoms with Gasteiger partial charge in [0.2, 0.25) is 0 Å². The minimum Gasteiger partial charge on any atom is -0.383 e. The van der Waals surface area contributed by atoms with Crippen molar-refractivity contribution in [3.63, 3.8) is 0 Å². The number of hydrogen-bond acceptors (Lipinski definition) is 6. The Kier molecular flexibility index (Phi) is 6.58. The van der Waals surface area contributed by atoms with Gasteiger partial charge in [0, 0.05) is 0 Å². The molecule has 1 N–H and O–H groups in total. The second-order valence-electron chi connectivity index (χ2n) is 4.19. The third-order valence-corrected chi connectivity index (χ3v) is 2.77. The zero-order valence-electron chi connectivity index (χ0n) is 10.9. The summed E-state index contributed by atoms with van der Waals surface area (Å²) in [6.07, 6.45) is 1.21. The maximum absolute atomic E-state index is 10.8. The molecule has 1 rings (SSSR count). The molecule has 0 aliphatic rings. The predicted molar refractivity (Wildman–Crippen MR) is 66.6 cm³/mol. The summed E-state index contributed by atoms with van der Waals surface area (Å²) in [5.74, 6) is 0. The highest BCUT2D eigenvalue weighted by Crippen LogP contribution is 2.21. The summed E-state index contributed by atoms with van der Waals surface area (Å²) >= 11 is 0. The van der Waals surface area contributed by atoms with Gasteiger partial charge in [-0.25, -0.2) is 0 Å². The topological polar surface area (TPSA) is 97.7 Å². The van der Waals surface area contributed by atoms with Crippen LogP contribution >= 0.6 is 0 Å². The summed E-state index contributed by atoms with van der Waals surface area (Å²) in [6.45, 7) is 3.17. The molecular weight excluding hydrogens is 272 g/mol. The van der Waals surface area contributed by atoms with Crippen molar-refractivity contribution in [2.45, 2.75) is 19.4 Å². The highest BCUT2D eigenvalue weighted by molar-refractivity contribution is 7.85. The first-order valence-corrected chi connectivity index (χ1v) is 7.07. The molecule has 0 saturated heterocycles. The van der Waals surface area contributed by atoms with Gasteiger partial charge in [0.25, 0.3) is 10.1 Å². The number of hydrogen-bond donors (Lipinski definition) is 1. The van der Waals surface area contributed by atoms with E-state index in [-0.39, 0.29) is 12.8 Å². The summed E-state index contributed by atoms with van der Waals surface area (Å²) in [6, 6.07) is 7.20. The molecule has 7 heteroatoms. The number of aryl methyl sites for hydroxylation is 1. The Morgan fingerprint density at radius 3 is 2.05 bits per heavy atom. The Morgan fingerprint density at radius 2 is 1.68 bits per heavy atom. The Morgan fingerprint density at radius 1 is 1.26 bits per heavy atom. The molecule has 0 fully saturated rings. The van der Waals surface area contributed by atoms with Crippen LogP contribution in [0.25, 0.3) is 0 Å². The highest BCUT2D eigenvalue weighted by atomic mass is 32.2. The second-order valence-corrected chi connectivity index (χ2v) is 5.83. The van der Waals surface area contributed by atoms with Gasteiger partial charge in [-0.2, -0.15) is 18.0 Å². The number of carbonyl (C=O) groups excluding carboxylic acids is 2. The van der Waals surface area contributed by atoms with Crippen molar-refractivity contribution in [1.29, 1.82) is 0 Å². The Bertz CT molecular complexity index is 524. The number of aliphatic hydroxyl groups is 1. The van der Waals surface area contributed by atoms with E-state index in [0.29, 0.717) is 5.56 Å². The van der Waals surface area contributed by atoms with Crippen LogP contribution in [0.4, 0.5) is 0 Å². The van der Waals surface area contributed by atoms with Gasteiger partial charge in [-0.3, -0.25) is 4.18 Å². The second kappa shape index (κ2) is 7.16. The molecule has 19 heavy (non-hydrogen) atoms. The van der Waals surface area contributed by atoms with Gasteiger partial charge < -0.3 is 5.11 Å². The minimum absolute atomic E-state index is 0.250. The molecule has 6 nitrogen and oxygen atoms in total. The maximum atomic E-state index is 10.8. The SMILES string of the molecule is Cc1ccc([C@](C)(O)COS(C)(=O)=O)cc1.O=C=O. The summed E-state index contributed by atoms with van der Waals surface area (Å²) in [5.41, 5.74) is 0.391. The third kappa shape index (κ3) is 7.48. The van der Waals surface area contributed by atoms with E-state index in [1.165, 1.54) is 6.92 Å². The molecule has 1 aromatic rings. The normalized spacial score (nSPS) is 13.7. The average Bonchev–Trinajstić information content (AvgIpc) is 2.27. The molecule has 1 atom stereocenters. The molecule has 0 unspecified atom stereocenters. The van der Waals surface area contributed by atoms with Crippen molar-refractivity contribution < 1.29 is 27.3 Å². The van der Waals surface area contributed by atoms with E-state index in [4.69, 9.17) is 9.59 Å². The monoisotopic (exact) mass is 288 g/mol. The molecule has 0 bridgehead atoms. The van der Waals surface area contributed by atoms with Crippen molar-refractivity contribution in [2.75, 3.05) is 12.9 Å². The van der Waals surface area contributed by atoms with Gasteiger partial charge in [0.1, 0.15) is 5.60 Å². The zero-order valence-corrected chi connectivity index (χ0v) is 11.7. The molecule has 0 aliphatic heterocycles. The molecule has 0 heterocycles. The van der Waals surface area contributed by atoms with E-state index in [9.17, 15) is 13.5 Å². The van der Waals surface area contributed by atoms with E-state index in [0.717, 1.165) is 11.8 Å². The molecule has 0 radical (unpaired) electrons. The smallest absolute Gasteiger partial charge is 0.373 e. The molecule has 0 saturated carbocycles. The van der Waals surface area contributed by atoms with Crippen LogP contribution in [0.15, 0.2) is 24.3 Å². The lowest BCUT2D eigenvalue weighted by atomic mass is 9.96. The lowest BCUT2D eigenvalue weighted by Crippen LogP contribution is -2.29. The molecule has 0 spiro atoms. The van der Waals surface area contributed by atoms with Crippen molar-refractivity contribution >= 4 is 16.3 Å². The molecular formula is C12H16O6S.